The number of ketones is 1. The third kappa shape index (κ3) is 3.67. The van der Waals surface area contributed by atoms with Crippen LogP contribution < -0.4 is 10.2 Å². The van der Waals surface area contributed by atoms with E-state index in [1.165, 1.54) is 13.0 Å². The molecule has 0 spiro atoms. The van der Waals surface area contributed by atoms with Crippen molar-refractivity contribution >= 4 is 40.9 Å². The molecule has 0 aliphatic carbocycles. The van der Waals surface area contributed by atoms with E-state index in [4.69, 9.17) is 11.6 Å². The van der Waals surface area contributed by atoms with Crippen molar-refractivity contribution in [2.24, 2.45) is 0 Å². The van der Waals surface area contributed by atoms with E-state index in [1.54, 1.807) is 29.2 Å². The number of rotatable bonds is 5. The van der Waals surface area contributed by atoms with Crippen LogP contribution in [-0.4, -0.2) is 41.6 Å². The number of hydrogen-bond acceptors (Lipinski definition) is 4. The summed E-state index contributed by atoms with van der Waals surface area (Å²) < 4.78 is 13.4. The van der Waals surface area contributed by atoms with Crippen LogP contribution in [0.4, 0.5) is 14.9 Å². The van der Waals surface area contributed by atoms with E-state index in [1.807, 2.05) is 0 Å². The van der Waals surface area contributed by atoms with Crippen LogP contribution in [0.15, 0.2) is 42.5 Å². The maximum atomic E-state index is 13.4. The van der Waals surface area contributed by atoms with E-state index < -0.39 is 35.6 Å². The second kappa shape index (κ2) is 7.77. The normalized spacial score (nSPS) is 21.1. The lowest BCUT2D eigenvalue weighted by Crippen LogP contribution is -2.41. The van der Waals surface area contributed by atoms with Crippen molar-refractivity contribution in [1.29, 1.82) is 0 Å². The van der Waals surface area contributed by atoms with Crippen molar-refractivity contribution in [2.75, 3.05) is 18.0 Å². The van der Waals surface area contributed by atoms with Gasteiger partial charge >= 0.3 is 6.03 Å². The molecule has 0 radical (unpaired) electrons. The number of imide groups is 1. The van der Waals surface area contributed by atoms with Crippen LogP contribution in [0.25, 0.3) is 0 Å². The van der Waals surface area contributed by atoms with Gasteiger partial charge in [0.05, 0.1) is 6.54 Å². The first-order valence-electron chi connectivity index (χ1n) is 9.74. The fourth-order valence-corrected chi connectivity index (χ4v) is 4.26. The fourth-order valence-electron chi connectivity index (χ4n) is 3.90. The summed E-state index contributed by atoms with van der Waals surface area (Å²) in [6, 6.07) is 9.28. The fraction of sp³-hybridized carbons (Fsp3) is 0.273. The van der Waals surface area contributed by atoms with Crippen molar-refractivity contribution in [3.63, 3.8) is 0 Å². The second-order valence-corrected chi connectivity index (χ2v) is 8.10. The largest absolute Gasteiger partial charge is 0.325 e. The number of Topliss-reactive ketones (excluding diaryl/α,β-unsaturated/α-hetero) is 1. The average molecular weight is 444 g/mol. The average Bonchev–Trinajstić information content (AvgIpc) is 3.24. The molecule has 4 amide bonds. The molecule has 2 heterocycles. The summed E-state index contributed by atoms with van der Waals surface area (Å²) in [6.45, 7) is 1.64. The molecule has 1 atom stereocenters. The van der Waals surface area contributed by atoms with Gasteiger partial charge in [-0.3, -0.25) is 19.3 Å². The van der Waals surface area contributed by atoms with Crippen molar-refractivity contribution < 1.29 is 23.6 Å². The van der Waals surface area contributed by atoms with Gasteiger partial charge in [0.1, 0.15) is 11.4 Å². The molecule has 0 aromatic heterocycles. The van der Waals surface area contributed by atoms with Crippen molar-refractivity contribution in [2.45, 2.75) is 25.3 Å². The van der Waals surface area contributed by atoms with Gasteiger partial charge in [-0.2, -0.15) is 0 Å². The topological polar surface area (TPSA) is 86.8 Å². The molecule has 1 N–H and O–H groups in total. The Morgan fingerprint density at radius 1 is 1.16 bits per heavy atom. The van der Waals surface area contributed by atoms with E-state index in [9.17, 15) is 23.6 Å². The zero-order valence-electron chi connectivity index (χ0n) is 16.7. The Morgan fingerprint density at radius 3 is 2.48 bits per heavy atom. The summed E-state index contributed by atoms with van der Waals surface area (Å²) in [7, 11) is 0. The van der Waals surface area contributed by atoms with E-state index >= 15 is 0 Å². The molecule has 0 bridgehead atoms. The molecule has 31 heavy (non-hydrogen) atoms. The summed E-state index contributed by atoms with van der Waals surface area (Å²) in [4.78, 5) is 52.5. The van der Waals surface area contributed by atoms with E-state index in [0.717, 1.165) is 23.5 Å². The first-order chi connectivity index (χ1) is 14.7. The molecule has 2 aliphatic rings. The highest BCUT2D eigenvalue weighted by atomic mass is 35.5. The number of urea groups is 1. The number of nitrogens with zero attached hydrogens (tertiary/aromatic N) is 2. The standard InChI is InChI=1S/C22H19ClFN3O4/c1-22(16-9-6-14(24)11-17(16)23)20(30)27(21(31)25-22)12-18(28)13-4-7-15(8-5-13)26-10-2-3-19(26)29/h4-9,11H,2-3,10,12H2,1H3,(H,25,31). The summed E-state index contributed by atoms with van der Waals surface area (Å²) >= 11 is 6.08. The minimum Gasteiger partial charge on any atom is -0.319 e. The molecule has 9 heteroatoms. The highest BCUT2D eigenvalue weighted by Gasteiger charge is 2.50. The van der Waals surface area contributed by atoms with Crippen LogP contribution in [-0.2, 0) is 15.1 Å². The SMILES string of the molecule is CC1(c2ccc(F)cc2Cl)NC(=O)N(CC(=O)c2ccc(N3CCCC3=O)cc2)C1=O. The summed E-state index contributed by atoms with van der Waals surface area (Å²) in [5.74, 6) is -1.62. The Bertz CT molecular complexity index is 1100. The van der Waals surface area contributed by atoms with Crippen LogP contribution in [0.3, 0.4) is 0 Å². The molecule has 7 nitrogen and oxygen atoms in total. The lowest BCUT2D eigenvalue weighted by Gasteiger charge is -2.23. The molecule has 2 aliphatic heterocycles. The number of benzene rings is 2. The third-order valence-corrected chi connectivity index (χ3v) is 5.93. The maximum absolute atomic E-state index is 13.4. The van der Waals surface area contributed by atoms with Gasteiger partial charge in [-0.05, 0) is 49.7 Å². The molecular formula is C22H19ClFN3O4. The van der Waals surface area contributed by atoms with Gasteiger partial charge in [-0.1, -0.05) is 17.7 Å². The molecule has 2 fully saturated rings. The van der Waals surface area contributed by atoms with Crippen LogP contribution >= 0.6 is 11.6 Å². The van der Waals surface area contributed by atoms with Gasteiger partial charge in [0.25, 0.3) is 5.91 Å². The number of nitrogens with one attached hydrogen (secondary N) is 1. The van der Waals surface area contributed by atoms with Gasteiger partial charge in [-0.15, -0.1) is 0 Å². The predicted octanol–water partition coefficient (Wildman–Crippen LogP) is 3.26. The summed E-state index contributed by atoms with van der Waals surface area (Å²) in [6.07, 6.45) is 1.30. The quantitative estimate of drug-likeness (QED) is 0.567. The Morgan fingerprint density at radius 2 is 1.87 bits per heavy atom. The number of halogens is 2. The Hall–Kier alpha value is -3.26. The van der Waals surface area contributed by atoms with E-state index in [-0.39, 0.29) is 16.5 Å². The number of hydrogen-bond donors (Lipinski definition) is 1. The zero-order valence-corrected chi connectivity index (χ0v) is 17.4. The minimum absolute atomic E-state index is 0.00336. The van der Waals surface area contributed by atoms with E-state index in [0.29, 0.717) is 24.2 Å². The molecule has 2 aromatic carbocycles. The van der Waals surface area contributed by atoms with Crippen molar-refractivity contribution in [3.8, 4) is 0 Å². The van der Waals surface area contributed by atoms with Gasteiger partial charge in [0.2, 0.25) is 5.91 Å². The highest BCUT2D eigenvalue weighted by molar-refractivity contribution is 6.32. The minimum atomic E-state index is -1.51. The van der Waals surface area contributed by atoms with Crippen LogP contribution in [0, 0.1) is 5.82 Å². The molecule has 160 valence electrons. The number of anilines is 1. The zero-order chi connectivity index (χ0) is 22.3. The molecular weight excluding hydrogens is 425 g/mol. The molecule has 0 saturated carbocycles. The predicted molar refractivity (Wildman–Crippen MR) is 111 cm³/mol. The van der Waals surface area contributed by atoms with Gasteiger partial charge < -0.3 is 10.2 Å². The molecule has 1 unspecified atom stereocenters. The maximum Gasteiger partial charge on any atom is 0.325 e. The summed E-state index contributed by atoms with van der Waals surface area (Å²) in [5.41, 5.74) is -0.261. The lowest BCUT2D eigenvalue weighted by molar-refractivity contribution is -0.130. The Kier molecular flexibility index (Phi) is 5.26. The van der Waals surface area contributed by atoms with Crippen molar-refractivity contribution in [1.82, 2.24) is 10.2 Å². The third-order valence-electron chi connectivity index (χ3n) is 5.62. The number of carbonyl (C=O) groups excluding carboxylic acids is 4. The first kappa shape index (κ1) is 21.0. The van der Waals surface area contributed by atoms with Gasteiger partial charge in [0.15, 0.2) is 5.78 Å². The lowest BCUT2D eigenvalue weighted by atomic mass is 9.92. The molecule has 2 aromatic rings. The van der Waals surface area contributed by atoms with Gasteiger partial charge in [-0.25, -0.2) is 9.18 Å². The van der Waals surface area contributed by atoms with Crippen LogP contribution in [0.2, 0.25) is 5.02 Å². The molecule has 4 rings (SSSR count). The second-order valence-electron chi connectivity index (χ2n) is 7.69. The number of amides is 4. The first-order valence-corrected chi connectivity index (χ1v) is 10.1. The number of carbonyl (C=O) groups is 4. The highest BCUT2D eigenvalue weighted by Crippen LogP contribution is 2.34. The monoisotopic (exact) mass is 443 g/mol. The summed E-state index contributed by atoms with van der Waals surface area (Å²) in [5, 5.41) is 2.55. The van der Waals surface area contributed by atoms with Gasteiger partial charge in [0, 0.05) is 34.8 Å². The van der Waals surface area contributed by atoms with E-state index in [2.05, 4.69) is 5.32 Å². The van der Waals surface area contributed by atoms with Crippen molar-refractivity contribution in [3.05, 3.63) is 64.4 Å². The Balaban J connectivity index is 1.51. The Labute approximate surface area is 182 Å². The van der Waals surface area contributed by atoms with Crippen LogP contribution in [0.5, 0.6) is 0 Å². The van der Waals surface area contributed by atoms with Crippen LogP contribution in [0.1, 0.15) is 35.7 Å². The smallest absolute Gasteiger partial charge is 0.319 e. The molecule has 2 saturated heterocycles.